The first kappa shape index (κ1) is 14.6. The molecule has 1 aromatic rings. The van der Waals surface area contributed by atoms with E-state index in [1.54, 1.807) is 7.11 Å². The Morgan fingerprint density at radius 1 is 1.26 bits per heavy atom. The van der Waals surface area contributed by atoms with Crippen molar-refractivity contribution in [2.75, 3.05) is 13.7 Å². The largest absolute Gasteiger partial charge is 0.496 e. The molecule has 106 valence electrons. The summed E-state index contributed by atoms with van der Waals surface area (Å²) in [6.07, 6.45) is 5.82. The molecular formula is C15H22ClNO2. The second-order valence-corrected chi connectivity index (χ2v) is 5.81. The smallest absolute Gasteiger partial charge is 0.124 e. The van der Waals surface area contributed by atoms with Gasteiger partial charge in [0.15, 0.2) is 0 Å². The average Bonchev–Trinajstić information content (AvgIpc) is 2.40. The minimum atomic E-state index is -0.149. The highest BCUT2D eigenvalue weighted by atomic mass is 35.5. The fourth-order valence-corrected chi connectivity index (χ4v) is 2.82. The lowest BCUT2D eigenvalue weighted by atomic mass is 9.83. The van der Waals surface area contributed by atoms with E-state index in [2.05, 4.69) is 0 Å². The summed E-state index contributed by atoms with van der Waals surface area (Å²) >= 11 is 5.99. The van der Waals surface area contributed by atoms with Gasteiger partial charge in [-0.1, -0.05) is 30.9 Å². The SMILES string of the molecule is COc1ccc(Cl)cc1COCC1(N)CCCCC1. The van der Waals surface area contributed by atoms with E-state index < -0.39 is 0 Å². The molecule has 0 radical (unpaired) electrons. The molecule has 3 nitrogen and oxygen atoms in total. The molecule has 0 atom stereocenters. The maximum Gasteiger partial charge on any atom is 0.124 e. The third kappa shape index (κ3) is 4.10. The maximum atomic E-state index is 6.34. The highest BCUT2D eigenvalue weighted by Gasteiger charge is 2.27. The van der Waals surface area contributed by atoms with E-state index in [4.69, 9.17) is 26.8 Å². The second kappa shape index (κ2) is 6.60. The first-order valence-corrected chi connectivity index (χ1v) is 7.20. The number of halogens is 1. The summed E-state index contributed by atoms with van der Waals surface area (Å²) in [5, 5.41) is 0.694. The summed E-state index contributed by atoms with van der Waals surface area (Å²) in [6.45, 7) is 1.09. The molecule has 0 unspecified atom stereocenters. The van der Waals surface area contributed by atoms with Crippen LogP contribution in [0.1, 0.15) is 37.7 Å². The Balaban J connectivity index is 1.90. The Morgan fingerprint density at radius 2 is 2.00 bits per heavy atom. The summed E-state index contributed by atoms with van der Waals surface area (Å²) in [4.78, 5) is 0. The maximum absolute atomic E-state index is 6.34. The molecule has 19 heavy (non-hydrogen) atoms. The van der Waals surface area contributed by atoms with Crippen molar-refractivity contribution in [3.63, 3.8) is 0 Å². The van der Waals surface area contributed by atoms with Crippen LogP contribution in [0.4, 0.5) is 0 Å². The Bertz CT molecular complexity index is 417. The van der Waals surface area contributed by atoms with E-state index in [0.717, 1.165) is 24.2 Å². The first-order chi connectivity index (χ1) is 9.13. The van der Waals surface area contributed by atoms with E-state index in [0.29, 0.717) is 18.2 Å². The predicted octanol–water partition coefficient (Wildman–Crippen LogP) is 3.53. The number of benzene rings is 1. The number of hydrogen-bond acceptors (Lipinski definition) is 3. The third-order valence-electron chi connectivity index (χ3n) is 3.74. The van der Waals surface area contributed by atoms with Crippen molar-refractivity contribution >= 4 is 11.6 Å². The molecule has 0 aromatic heterocycles. The zero-order valence-corrected chi connectivity index (χ0v) is 12.2. The Labute approximate surface area is 120 Å². The zero-order chi connectivity index (χ0) is 13.7. The van der Waals surface area contributed by atoms with Crippen molar-refractivity contribution in [1.82, 2.24) is 0 Å². The molecule has 1 aliphatic rings. The summed E-state index contributed by atoms with van der Waals surface area (Å²) in [6, 6.07) is 5.56. The van der Waals surface area contributed by atoms with Gasteiger partial charge in [0, 0.05) is 16.1 Å². The minimum Gasteiger partial charge on any atom is -0.496 e. The molecule has 1 aromatic carbocycles. The van der Waals surface area contributed by atoms with Crippen molar-refractivity contribution in [1.29, 1.82) is 0 Å². The predicted molar refractivity (Wildman–Crippen MR) is 77.7 cm³/mol. The number of nitrogens with two attached hydrogens (primary N) is 1. The molecule has 0 heterocycles. The monoisotopic (exact) mass is 283 g/mol. The molecule has 2 N–H and O–H groups in total. The third-order valence-corrected chi connectivity index (χ3v) is 3.97. The standard InChI is InChI=1S/C15H22ClNO2/c1-18-14-6-5-13(16)9-12(14)10-19-11-15(17)7-3-2-4-8-15/h5-6,9H,2-4,7-8,10-11,17H2,1H3. The first-order valence-electron chi connectivity index (χ1n) is 6.82. The van der Waals surface area contributed by atoms with Gasteiger partial charge in [0.25, 0.3) is 0 Å². The lowest BCUT2D eigenvalue weighted by Gasteiger charge is -2.33. The molecular weight excluding hydrogens is 262 g/mol. The lowest BCUT2D eigenvalue weighted by molar-refractivity contribution is 0.0565. The van der Waals surface area contributed by atoms with Crippen molar-refractivity contribution < 1.29 is 9.47 Å². The molecule has 0 aliphatic heterocycles. The molecule has 0 spiro atoms. The fraction of sp³-hybridized carbons (Fsp3) is 0.600. The Hall–Kier alpha value is -0.770. The molecule has 4 heteroatoms. The van der Waals surface area contributed by atoms with Crippen molar-refractivity contribution in [3.05, 3.63) is 28.8 Å². The van der Waals surface area contributed by atoms with E-state index in [9.17, 15) is 0 Å². The molecule has 0 saturated heterocycles. The van der Waals surface area contributed by atoms with Gasteiger partial charge in [0.1, 0.15) is 5.75 Å². The molecule has 1 saturated carbocycles. The molecule has 1 aliphatic carbocycles. The Morgan fingerprint density at radius 3 is 2.68 bits per heavy atom. The zero-order valence-electron chi connectivity index (χ0n) is 11.5. The quantitative estimate of drug-likeness (QED) is 0.899. The number of ether oxygens (including phenoxy) is 2. The molecule has 1 fully saturated rings. The van der Waals surface area contributed by atoms with Gasteiger partial charge in [0.05, 0.1) is 20.3 Å². The van der Waals surface area contributed by atoms with Gasteiger partial charge in [-0.2, -0.15) is 0 Å². The van der Waals surface area contributed by atoms with E-state index >= 15 is 0 Å². The highest BCUT2D eigenvalue weighted by molar-refractivity contribution is 6.30. The summed E-state index contributed by atoms with van der Waals surface area (Å²) in [5.74, 6) is 0.805. The van der Waals surface area contributed by atoms with Crippen molar-refractivity contribution in [3.8, 4) is 5.75 Å². The van der Waals surface area contributed by atoms with Crippen LogP contribution in [0.5, 0.6) is 5.75 Å². The van der Waals surface area contributed by atoms with Crippen LogP contribution in [0.3, 0.4) is 0 Å². The van der Waals surface area contributed by atoms with Gasteiger partial charge < -0.3 is 15.2 Å². The van der Waals surface area contributed by atoms with E-state index in [1.807, 2.05) is 18.2 Å². The van der Waals surface area contributed by atoms with Crippen molar-refractivity contribution in [2.45, 2.75) is 44.2 Å². The fourth-order valence-electron chi connectivity index (χ4n) is 2.62. The number of methoxy groups -OCH3 is 1. The van der Waals surface area contributed by atoms with Crippen LogP contribution >= 0.6 is 11.6 Å². The van der Waals surface area contributed by atoms with Crippen LogP contribution in [0, 0.1) is 0 Å². The molecule has 0 amide bonds. The van der Waals surface area contributed by atoms with E-state index in [-0.39, 0.29) is 5.54 Å². The van der Waals surface area contributed by atoms with Crippen LogP contribution in [0.2, 0.25) is 5.02 Å². The van der Waals surface area contributed by atoms with Crippen LogP contribution < -0.4 is 10.5 Å². The summed E-state index contributed by atoms with van der Waals surface area (Å²) in [5.41, 5.74) is 7.16. The van der Waals surface area contributed by atoms with Crippen LogP contribution in [0.25, 0.3) is 0 Å². The van der Waals surface area contributed by atoms with E-state index in [1.165, 1.54) is 19.3 Å². The number of hydrogen-bond donors (Lipinski definition) is 1. The second-order valence-electron chi connectivity index (χ2n) is 5.37. The normalized spacial score (nSPS) is 18.3. The van der Waals surface area contributed by atoms with Crippen LogP contribution in [-0.4, -0.2) is 19.3 Å². The average molecular weight is 284 g/mol. The molecule has 0 bridgehead atoms. The van der Waals surface area contributed by atoms with Gasteiger partial charge in [-0.05, 0) is 31.0 Å². The van der Waals surface area contributed by atoms with Gasteiger partial charge in [-0.15, -0.1) is 0 Å². The summed E-state index contributed by atoms with van der Waals surface area (Å²) < 4.78 is 11.1. The van der Waals surface area contributed by atoms with Gasteiger partial charge in [-0.3, -0.25) is 0 Å². The van der Waals surface area contributed by atoms with Crippen molar-refractivity contribution in [2.24, 2.45) is 5.73 Å². The summed E-state index contributed by atoms with van der Waals surface area (Å²) in [7, 11) is 1.65. The lowest BCUT2D eigenvalue weighted by Crippen LogP contribution is -2.46. The Kier molecular flexibility index (Phi) is 5.08. The minimum absolute atomic E-state index is 0.149. The van der Waals surface area contributed by atoms with Gasteiger partial charge in [-0.25, -0.2) is 0 Å². The van der Waals surface area contributed by atoms with Gasteiger partial charge >= 0.3 is 0 Å². The van der Waals surface area contributed by atoms with Crippen LogP contribution in [-0.2, 0) is 11.3 Å². The number of rotatable bonds is 5. The van der Waals surface area contributed by atoms with Crippen LogP contribution in [0.15, 0.2) is 18.2 Å². The van der Waals surface area contributed by atoms with Gasteiger partial charge in [0.2, 0.25) is 0 Å². The molecule has 2 rings (SSSR count). The topological polar surface area (TPSA) is 44.5 Å². The highest BCUT2D eigenvalue weighted by Crippen LogP contribution is 2.27.